The van der Waals surface area contributed by atoms with Crippen molar-refractivity contribution in [2.45, 2.75) is 6.42 Å². The molecule has 2 aliphatic rings. The van der Waals surface area contributed by atoms with Gasteiger partial charge in [-0.05, 0) is 24.0 Å². The van der Waals surface area contributed by atoms with Crippen molar-refractivity contribution < 1.29 is 0 Å². The van der Waals surface area contributed by atoms with Gasteiger partial charge in [-0.25, -0.2) is 0 Å². The molecule has 4 nitrogen and oxygen atoms in total. The average molecular weight is 250 g/mol. The van der Waals surface area contributed by atoms with Crippen molar-refractivity contribution in [2.75, 3.05) is 12.4 Å². The molecule has 2 aliphatic carbocycles. The molecule has 3 rings (SSSR count). The highest BCUT2D eigenvalue weighted by molar-refractivity contribution is 5.79. The van der Waals surface area contributed by atoms with E-state index in [1.54, 1.807) is 6.20 Å². The van der Waals surface area contributed by atoms with Crippen LogP contribution in [0.4, 0.5) is 5.69 Å². The minimum Gasteiger partial charge on any atom is -0.388 e. The van der Waals surface area contributed by atoms with Crippen LogP contribution in [-0.4, -0.2) is 12.0 Å². The van der Waals surface area contributed by atoms with Gasteiger partial charge in [0.2, 0.25) is 0 Å². The van der Waals surface area contributed by atoms with Gasteiger partial charge in [-0.2, -0.15) is 10.5 Å². The Morgan fingerprint density at radius 2 is 2.11 bits per heavy atom. The van der Waals surface area contributed by atoms with Gasteiger partial charge in [0.1, 0.15) is 0 Å². The maximum Gasteiger partial charge on any atom is 0.0696 e. The minimum absolute atomic E-state index is 0.145. The van der Waals surface area contributed by atoms with Crippen molar-refractivity contribution >= 4 is 11.3 Å². The van der Waals surface area contributed by atoms with E-state index in [0.29, 0.717) is 0 Å². The molecule has 1 aromatic rings. The molecule has 19 heavy (non-hydrogen) atoms. The lowest BCUT2D eigenvalue weighted by atomic mass is 9.79. The Hall–Kier alpha value is -2.33. The van der Waals surface area contributed by atoms with Gasteiger partial charge in [0.15, 0.2) is 0 Å². The second-order valence-electron chi connectivity index (χ2n) is 5.11. The predicted molar refractivity (Wildman–Crippen MR) is 71.6 cm³/mol. The second kappa shape index (κ2) is 4.40. The Morgan fingerprint density at radius 3 is 2.79 bits per heavy atom. The number of fused-ring (bicyclic) bond motifs is 2. The number of pyridine rings is 1. The molecule has 94 valence electrons. The normalized spacial score (nSPS) is 31.4. The van der Waals surface area contributed by atoms with Crippen molar-refractivity contribution in [2.24, 2.45) is 23.7 Å². The maximum absolute atomic E-state index is 9.32. The minimum atomic E-state index is -0.181. The monoisotopic (exact) mass is 250 g/mol. The molecular formula is C15H14N4. The summed E-state index contributed by atoms with van der Waals surface area (Å²) in [6.45, 7) is 0. The molecule has 4 atom stereocenters. The van der Waals surface area contributed by atoms with Crippen LogP contribution in [-0.2, 0) is 0 Å². The Bertz CT molecular complexity index is 620. The zero-order valence-corrected chi connectivity index (χ0v) is 10.7. The molecule has 2 unspecified atom stereocenters. The molecule has 0 saturated heterocycles. The van der Waals surface area contributed by atoms with Crippen molar-refractivity contribution in [1.29, 1.82) is 10.5 Å². The molecule has 0 spiro atoms. The van der Waals surface area contributed by atoms with Gasteiger partial charge in [0, 0.05) is 36.6 Å². The molecule has 0 radical (unpaired) electrons. The zero-order valence-electron chi connectivity index (χ0n) is 10.7. The number of anilines is 1. The highest BCUT2D eigenvalue weighted by Crippen LogP contribution is 2.54. The fourth-order valence-corrected chi connectivity index (χ4v) is 3.43. The van der Waals surface area contributed by atoms with Crippen LogP contribution in [0.1, 0.15) is 12.0 Å². The maximum atomic E-state index is 9.32. The van der Waals surface area contributed by atoms with Crippen LogP contribution >= 0.6 is 0 Å². The van der Waals surface area contributed by atoms with Crippen LogP contribution in [0.5, 0.6) is 0 Å². The smallest absolute Gasteiger partial charge is 0.0696 e. The third-order valence-corrected chi connectivity index (χ3v) is 4.30. The summed E-state index contributed by atoms with van der Waals surface area (Å²) in [7, 11) is 1.88. The summed E-state index contributed by atoms with van der Waals surface area (Å²) in [5.74, 6) is 0.0730. The summed E-state index contributed by atoms with van der Waals surface area (Å²) in [6, 6.07) is 6.56. The van der Waals surface area contributed by atoms with Gasteiger partial charge in [-0.15, -0.1) is 0 Å². The fourth-order valence-electron chi connectivity index (χ4n) is 3.43. The number of hydrogen-bond donors (Lipinski definition) is 1. The zero-order chi connectivity index (χ0) is 13.4. The molecule has 1 heterocycles. The Labute approximate surface area is 112 Å². The van der Waals surface area contributed by atoms with Crippen LogP contribution in [0.15, 0.2) is 24.5 Å². The first-order valence-electron chi connectivity index (χ1n) is 6.43. The highest BCUT2D eigenvalue weighted by Gasteiger charge is 2.49. The summed E-state index contributed by atoms with van der Waals surface area (Å²) in [5, 5.41) is 21.7. The van der Waals surface area contributed by atoms with Crippen molar-refractivity contribution in [3.63, 3.8) is 0 Å². The SMILES string of the molecule is CNc1ccncc1C1=CC2CC1[C@@H](C#N)[C@@H]2C#N. The van der Waals surface area contributed by atoms with Gasteiger partial charge in [0.05, 0.1) is 24.0 Å². The van der Waals surface area contributed by atoms with Crippen molar-refractivity contribution in [3.05, 3.63) is 30.1 Å². The third kappa shape index (κ3) is 1.61. The van der Waals surface area contributed by atoms with E-state index in [1.807, 2.05) is 19.3 Å². The molecule has 2 bridgehead atoms. The summed E-state index contributed by atoms with van der Waals surface area (Å²) in [6.07, 6.45) is 6.69. The lowest BCUT2D eigenvalue weighted by Gasteiger charge is -2.23. The molecule has 0 aromatic carbocycles. The van der Waals surface area contributed by atoms with E-state index in [-0.39, 0.29) is 23.7 Å². The largest absolute Gasteiger partial charge is 0.388 e. The molecule has 1 aromatic heterocycles. The molecule has 0 amide bonds. The van der Waals surface area contributed by atoms with Gasteiger partial charge in [-0.1, -0.05) is 6.08 Å². The molecule has 1 saturated carbocycles. The quantitative estimate of drug-likeness (QED) is 0.875. The van der Waals surface area contributed by atoms with Crippen LogP contribution in [0.2, 0.25) is 0 Å². The van der Waals surface area contributed by atoms with E-state index in [1.165, 1.54) is 5.57 Å². The van der Waals surface area contributed by atoms with E-state index >= 15 is 0 Å². The summed E-state index contributed by atoms with van der Waals surface area (Å²) < 4.78 is 0. The highest BCUT2D eigenvalue weighted by atomic mass is 14.8. The molecule has 0 aliphatic heterocycles. The van der Waals surface area contributed by atoms with Gasteiger partial charge >= 0.3 is 0 Å². The topological polar surface area (TPSA) is 72.5 Å². The number of allylic oxidation sites excluding steroid dienone is 2. The summed E-state index contributed by atoms with van der Waals surface area (Å²) >= 11 is 0. The molecular weight excluding hydrogens is 236 g/mol. The van der Waals surface area contributed by atoms with Crippen molar-refractivity contribution in [1.82, 2.24) is 4.98 Å². The number of aromatic nitrogens is 1. The summed E-state index contributed by atoms with van der Waals surface area (Å²) in [4.78, 5) is 4.18. The Morgan fingerprint density at radius 1 is 1.32 bits per heavy atom. The lowest BCUT2D eigenvalue weighted by molar-refractivity contribution is 0.476. The Balaban J connectivity index is 2.04. The van der Waals surface area contributed by atoms with E-state index in [0.717, 1.165) is 17.7 Å². The van der Waals surface area contributed by atoms with Crippen LogP contribution < -0.4 is 5.32 Å². The first kappa shape index (κ1) is 11.7. The predicted octanol–water partition coefficient (Wildman–Crippen LogP) is 2.44. The fraction of sp³-hybridized carbons (Fsp3) is 0.400. The van der Waals surface area contributed by atoms with Gasteiger partial charge in [0.25, 0.3) is 0 Å². The first-order chi connectivity index (χ1) is 9.30. The van der Waals surface area contributed by atoms with Gasteiger partial charge < -0.3 is 5.32 Å². The summed E-state index contributed by atoms with van der Waals surface area (Å²) in [5.41, 5.74) is 3.27. The number of nitriles is 2. The van der Waals surface area contributed by atoms with E-state index < -0.39 is 0 Å². The van der Waals surface area contributed by atoms with E-state index in [4.69, 9.17) is 0 Å². The standard InChI is InChI=1S/C15H14N4/c1-18-15-2-3-19-8-14(15)11-5-9-4-10(11)13(7-17)12(9)6-16/h2-3,5,8-10,12-13H,4H2,1H3,(H,18,19)/t9?,10?,12-,13-/m1/s1. The molecule has 1 N–H and O–H groups in total. The molecule has 1 fully saturated rings. The second-order valence-corrected chi connectivity index (χ2v) is 5.11. The van der Waals surface area contributed by atoms with Gasteiger partial charge in [-0.3, -0.25) is 4.98 Å². The van der Waals surface area contributed by atoms with E-state index in [9.17, 15) is 10.5 Å². The van der Waals surface area contributed by atoms with Crippen LogP contribution in [0.3, 0.4) is 0 Å². The van der Waals surface area contributed by atoms with Crippen LogP contribution in [0.25, 0.3) is 5.57 Å². The first-order valence-corrected chi connectivity index (χ1v) is 6.43. The average Bonchev–Trinajstić information content (AvgIpc) is 3.03. The Kier molecular flexibility index (Phi) is 2.72. The van der Waals surface area contributed by atoms with E-state index in [2.05, 4.69) is 28.5 Å². The molecule has 4 heteroatoms. The number of hydrogen-bond acceptors (Lipinski definition) is 4. The van der Waals surface area contributed by atoms with Crippen LogP contribution in [0, 0.1) is 46.3 Å². The number of nitrogens with one attached hydrogen (secondary N) is 1. The van der Waals surface area contributed by atoms with Crippen molar-refractivity contribution in [3.8, 4) is 12.1 Å². The third-order valence-electron chi connectivity index (χ3n) is 4.30. The lowest BCUT2D eigenvalue weighted by Crippen LogP contribution is -2.19. The number of nitrogens with zero attached hydrogens (tertiary/aromatic N) is 3. The number of rotatable bonds is 2.